The minimum absolute atomic E-state index is 0.542. The second-order valence-electron chi connectivity index (χ2n) is 6.82. The van der Waals surface area contributed by atoms with E-state index in [-0.39, 0.29) is 0 Å². The summed E-state index contributed by atoms with van der Waals surface area (Å²) in [5, 5.41) is 12.8. The van der Waals surface area contributed by atoms with Gasteiger partial charge in [-0.3, -0.25) is 9.78 Å². The second-order valence-corrected chi connectivity index (χ2v) is 6.82. The summed E-state index contributed by atoms with van der Waals surface area (Å²) >= 11 is 0. The summed E-state index contributed by atoms with van der Waals surface area (Å²) in [5.41, 5.74) is 1.67. The zero-order valence-electron chi connectivity index (χ0n) is 14.1. The lowest BCUT2D eigenvalue weighted by molar-refractivity contribution is -0.151. The maximum absolute atomic E-state index is 11.5. The number of aromatic nitrogens is 1. The van der Waals surface area contributed by atoms with Gasteiger partial charge in [0.05, 0.1) is 11.1 Å². The van der Waals surface area contributed by atoms with Gasteiger partial charge < -0.3 is 10.4 Å². The summed E-state index contributed by atoms with van der Waals surface area (Å²) in [7, 11) is 0. The standard InChI is InChI=1S/C19H24N2O2/c1-18(2,17(22)23)19(3,4)21-13-14-8-7-9-15(12-14)16-10-5-6-11-20-16/h5-12,21H,13H2,1-4H3,(H,22,23). The fraction of sp³-hybridized carbons (Fsp3) is 0.368. The molecule has 0 atom stereocenters. The molecule has 0 saturated heterocycles. The van der Waals surface area contributed by atoms with E-state index < -0.39 is 16.9 Å². The van der Waals surface area contributed by atoms with Gasteiger partial charge in [-0.1, -0.05) is 24.3 Å². The van der Waals surface area contributed by atoms with Crippen molar-refractivity contribution in [2.75, 3.05) is 0 Å². The number of hydrogen-bond acceptors (Lipinski definition) is 3. The summed E-state index contributed by atoms with van der Waals surface area (Å²) in [6, 6.07) is 14.0. The number of nitrogens with one attached hydrogen (secondary N) is 1. The van der Waals surface area contributed by atoms with Crippen molar-refractivity contribution in [1.82, 2.24) is 10.3 Å². The first-order valence-corrected chi connectivity index (χ1v) is 7.73. The third kappa shape index (κ3) is 3.77. The third-order valence-corrected chi connectivity index (χ3v) is 4.72. The predicted molar refractivity (Wildman–Crippen MR) is 92.0 cm³/mol. The van der Waals surface area contributed by atoms with Gasteiger partial charge in [0.15, 0.2) is 0 Å². The Hall–Kier alpha value is -2.20. The van der Waals surface area contributed by atoms with Gasteiger partial charge in [0.25, 0.3) is 0 Å². The second kappa shape index (κ2) is 6.50. The minimum Gasteiger partial charge on any atom is -0.481 e. The number of carbonyl (C=O) groups is 1. The minimum atomic E-state index is -0.869. The Morgan fingerprint density at radius 2 is 1.87 bits per heavy atom. The van der Waals surface area contributed by atoms with Crippen molar-refractivity contribution in [3.8, 4) is 11.3 Å². The number of hydrogen-bond donors (Lipinski definition) is 2. The van der Waals surface area contributed by atoms with Gasteiger partial charge in [0.2, 0.25) is 0 Å². The van der Waals surface area contributed by atoms with Gasteiger partial charge in [-0.15, -0.1) is 0 Å². The average Bonchev–Trinajstić information content (AvgIpc) is 2.54. The number of carboxylic acids is 1. The molecule has 0 bridgehead atoms. The van der Waals surface area contributed by atoms with Crippen molar-refractivity contribution in [3.63, 3.8) is 0 Å². The number of benzene rings is 1. The Kier molecular flexibility index (Phi) is 4.85. The van der Waals surface area contributed by atoms with E-state index in [9.17, 15) is 9.90 Å². The van der Waals surface area contributed by atoms with E-state index in [1.165, 1.54) is 0 Å². The molecule has 0 fully saturated rings. The van der Waals surface area contributed by atoms with Crippen LogP contribution in [0.5, 0.6) is 0 Å². The molecule has 0 amide bonds. The summed E-state index contributed by atoms with van der Waals surface area (Å²) in [5.74, 6) is -0.808. The molecule has 0 aliphatic carbocycles. The molecule has 2 rings (SSSR count). The highest BCUT2D eigenvalue weighted by molar-refractivity contribution is 5.75. The van der Waals surface area contributed by atoms with Crippen LogP contribution in [-0.4, -0.2) is 21.6 Å². The van der Waals surface area contributed by atoms with Crippen molar-refractivity contribution >= 4 is 5.97 Å². The van der Waals surface area contributed by atoms with Gasteiger partial charge in [0, 0.05) is 23.8 Å². The molecular formula is C19H24N2O2. The Morgan fingerprint density at radius 1 is 1.13 bits per heavy atom. The SMILES string of the molecule is CC(C)(NCc1cccc(-c2ccccn2)c1)C(C)(C)C(=O)O. The van der Waals surface area contributed by atoms with E-state index in [1.54, 1.807) is 20.0 Å². The van der Waals surface area contributed by atoms with Crippen LogP contribution in [0.4, 0.5) is 0 Å². The van der Waals surface area contributed by atoms with Crippen LogP contribution in [0.15, 0.2) is 48.7 Å². The Labute approximate surface area is 137 Å². The summed E-state index contributed by atoms with van der Waals surface area (Å²) < 4.78 is 0. The van der Waals surface area contributed by atoms with E-state index in [0.717, 1.165) is 16.8 Å². The first kappa shape index (κ1) is 17.2. The molecular weight excluding hydrogens is 288 g/mol. The Balaban J connectivity index is 2.14. The lowest BCUT2D eigenvalue weighted by Crippen LogP contribution is -2.54. The average molecular weight is 312 g/mol. The molecule has 2 N–H and O–H groups in total. The molecule has 1 aromatic heterocycles. The van der Waals surface area contributed by atoms with Gasteiger partial charge in [-0.2, -0.15) is 0 Å². The molecule has 1 aromatic carbocycles. The third-order valence-electron chi connectivity index (χ3n) is 4.72. The summed E-state index contributed by atoms with van der Waals surface area (Å²) in [6.07, 6.45) is 1.78. The van der Waals surface area contributed by atoms with Gasteiger partial charge in [0.1, 0.15) is 0 Å². The molecule has 0 spiro atoms. The number of rotatable bonds is 6. The molecule has 0 aliphatic rings. The van der Waals surface area contributed by atoms with Crippen molar-refractivity contribution in [3.05, 3.63) is 54.2 Å². The maximum atomic E-state index is 11.5. The smallest absolute Gasteiger partial charge is 0.310 e. The molecule has 4 heteroatoms. The number of pyridine rings is 1. The van der Waals surface area contributed by atoms with Crippen LogP contribution in [0.2, 0.25) is 0 Å². The molecule has 4 nitrogen and oxygen atoms in total. The molecule has 23 heavy (non-hydrogen) atoms. The highest BCUT2D eigenvalue weighted by Crippen LogP contribution is 2.31. The van der Waals surface area contributed by atoms with Crippen LogP contribution in [0, 0.1) is 5.41 Å². The molecule has 0 aliphatic heterocycles. The van der Waals surface area contributed by atoms with Gasteiger partial charge >= 0.3 is 5.97 Å². The first-order valence-electron chi connectivity index (χ1n) is 7.73. The van der Waals surface area contributed by atoms with Crippen molar-refractivity contribution in [1.29, 1.82) is 0 Å². The zero-order valence-corrected chi connectivity index (χ0v) is 14.1. The van der Waals surface area contributed by atoms with Crippen LogP contribution in [0.25, 0.3) is 11.3 Å². The predicted octanol–water partition coefficient (Wildman–Crippen LogP) is 3.73. The number of carboxylic acid groups (broad SMARTS) is 1. The Morgan fingerprint density at radius 3 is 2.48 bits per heavy atom. The van der Waals surface area contributed by atoms with Crippen LogP contribution >= 0.6 is 0 Å². The quantitative estimate of drug-likeness (QED) is 0.853. The number of aliphatic carboxylic acids is 1. The van der Waals surface area contributed by atoms with E-state index in [0.29, 0.717) is 6.54 Å². The highest BCUT2D eigenvalue weighted by Gasteiger charge is 2.42. The maximum Gasteiger partial charge on any atom is 0.310 e. The van der Waals surface area contributed by atoms with Gasteiger partial charge in [-0.05, 0) is 51.5 Å². The number of nitrogens with zero attached hydrogens (tertiary/aromatic N) is 1. The first-order chi connectivity index (χ1) is 10.7. The Bertz CT molecular complexity index is 679. The van der Waals surface area contributed by atoms with Crippen LogP contribution in [-0.2, 0) is 11.3 Å². The molecule has 122 valence electrons. The van der Waals surface area contributed by atoms with E-state index in [2.05, 4.69) is 16.4 Å². The van der Waals surface area contributed by atoms with Crippen LogP contribution < -0.4 is 5.32 Å². The molecule has 1 heterocycles. The molecule has 0 unspecified atom stereocenters. The van der Waals surface area contributed by atoms with Gasteiger partial charge in [-0.25, -0.2) is 0 Å². The normalized spacial score (nSPS) is 12.2. The fourth-order valence-corrected chi connectivity index (χ4v) is 2.19. The molecule has 0 radical (unpaired) electrons. The zero-order chi connectivity index (χ0) is 17.1. The lowest BCUT2D eigenvalue weighted by atomic mass is 9.74. The highest BCUT2D eigenvalue weighted by atomic mass is 16.4. The van der Waals surface area contributed by atoms with Crippen molar-refractivity contribution < 1.29 is 9.90 Å². The van der Waals surface area contributed by atoms with Crippen molar-refractivity contribution in [2.24, 2.45) is 5.41 Å². The van der Waals surface area contributed by atoms with Crippen LogP contribution in [0.1, 0.15) is 33.3 Å². The molecule has 0 saturated carbocycles. The fourth-order valence-electron chi connectivity index (χ4n) is 2.19. The van der Waals surface area contributed by atoms with Crippen LogP contribution in [0.3, 0.4) is 0 Å². The monoisotopic (exact) mass is 312 g/mol. The van der Waals surface area contributed by atoms with Crippen molar-refractivity contribution in [2.45, 2.75) is 39.8 Å². The van der Waals surface area contributed by atoms with E-state index in [4.69, 9.17) is 0 Å². The van der Waals surface area contributed by atoms with E-state index in [1.807, 2.05) is 50.2 Å². The summed E-state index contributed by atoms with van der Waals surface area (Å²) in [4.78, 5) is 15.8. The largest absolute Gasteiger partial charge is 0.481 e. The topological polar surface area (TPSA) is 62.2 Å². The summed E-state index contributed by atoms with van der Waals surface area (Å²) in [6.45, 7) is 7.93. The van der Waals surface area contributed by atoms with E-state index >= 15 is 0 Å². The lowest BCUT2D eigenvalue weighted by Gasteiger charge is -2.39. The molecule has 2 aromatic rings.